The monoisotopic (exact) mass is 1290 g/mol. The SMILES string of the molecule is c1ccc(-c2cc(-c3ccccc3)nc(-c3ccc(-n4c5ccccc5c5cc6c7ccccc7n(-c7ccccc7)c6cc54)c(-c4nc(-c5ccccc5)nc(-c5cccc(-c6cc7c8c(c6)N(c6ccccc6)c6ccccc6B8c6ccccc6N7c6ccccc6)c5)n4)c3)n2)cc1. The van der Waals surface area contributed by atoms with Crippen molar-refractivity contribution in [1.29, 1.82) is 0 Å². The fourth-order valence-electron chi connectivity index (χ4n) is 15.6. The molecule has 0 radical (unpaired) electrons. The van der Waals surface area contributed by atoms with Gasteiger partial charge in [-0.15, -0.1) is 0 Å². The zero-order valence-corrected chi connectivity index (χ0v) is 54.6. The Balaban J connectivity index is 0.832. The van der Waals surface area contributed by atoms with Gasteiger partial charge < -0.3 is 18.9 Å². The van der Waals surface area contributed by atoms with E-state index in [9.17, 15) is 0 Å². The second-order valence-corrected chi connectivity index (χ2v) is 25.9. The largest absolute Gasteiger partial charge is 0.311 e. The van der Waals surface area contributed by atoms with E-state index in [1.165, 1.54) is 27.2 Å². The molecular weight excluding hydrogens is 1230 g/mol. The molecule has 101 heavy (non-hydrogen) atoms. The maximum absolute atomic E-state index is 5.74. The van der Waals surface area contributed by atoms with E-state index in [1.807, 2.05) is 30.3 Å². The summed E-state index contributed by atoms with van der Waals surface area (Å²) in [6, 6.07) is 126. The van der Waals surface area contributed by atoms with Crippen LogP contribution < -0.4 is 26.2 Å². The first kappa shape index (κ1) is 57.7. The summed E-state index contributed by atoms with van der Waals surface area (Å²) in [5.74, 6) is 2.12. The molecule has 0 saturated heterocycles. The topological polar surface area (TPSA) is 80.8 Å². The van der Waals surface area contributed by atoms with Gasteiger partial charge in [-0.05, 0) is 143 Å². The number of fused-ring (bicyclic) bond motifs is 10. The Bertz CT molecular complexity index is 6110. The Hall–Kier alpha value is -13.6. The molecule has 0 N–H and O–H groups in total. The minimum Gasteiger partial charge on any atom is -0.311 e. The van der Waals surface area contributed by atoms with Crippen LogP contribution in [0, 0.1) is 0 Å². The quantitative estimate of drug-likeness (QED) is 0.119. The summed E-state index contributed by atoms with van der Waals surface area (Å²) in [4.78, 5) is 32.6. The molecule has 0 bridgehead atoms. The fourth-order valence-corrected chi connectivity index (χ4v) is 15.6. The molecule has 14 aromatic carbocycles. The van der Waals surface area contributed by atoms with Crippen molar-refractivity contribution in [3.8, 4) is 90.6 Å². The van der Waals surface area contributed by atoms with E-state index in [2.05, 4.69) is 340 Å². The molecule has 470 valence electrons. The zero-order chi connectivity index (χ0) is 66.5. The molecule has 0 fully saturated rings. The Morgan fingerprint density at radius 2 is 0.644 bits per heavy atom. The van der Waals surface area contributed by atoms with Gasteiger partial charge >= 0.3 is 0 Å². The molecule has 10 heteroatoms. The van der Waals surface area contributed by atoms with Crippen molar-refractivity contribution < 1.29 is 0 Å². The predicted molar refractivity (Wildman–Crippen MR) is 416 cm³/mol. The van der Waals surface area contributed by atoms with Crippen molar-refractivity contribution in [3.63, 3.8) is 0 Å². The maximum atomic E-state index is 5.74. The highest BCUT2D eigenvalue weighted by atomic mass is 15.2. The molecule has 4 aromatic heterocycles. The van der Waals surface area contributed by atoms with Gasteiger partial charge in [0.2, 0.25) is 0 Å². The van der Waals surface area contributed by atoms with Gasteiger partial charge in [0.1, 0.15) is 0 Å². The van der Waals surface area contributed by atoms with E-state index in [0.29, 0.717) is 23.3 Å². The summed E-state index contributed by atoms with van der Waals surface area (Å²) in [6.45, 7) is -0.0223. The number of para-hydroxylation sites is 7. The number of nitrogens with zero attached hydrogens (tertiary/aromatic N) is 9. The molecule has 2 aliphatic heterocycles. The minimum atomic E-state index is -0.0223. The Morgan fingerprint density at radius 3 is 1.22 bits per heavy atom. The van der Waals surface area contributed by atoms with Gasteiger partial charge in [-0.2, -0.15) is 0 Å². The van der Waals surface area contributed by atoms with E-state index in [1.54, 1.807) is 0 Å². The van der Waals surface area contributed by atoms with Gasteiger partial charge in [0.25, 0.3) is 6.71 Å². The van der Waals surface area contributed by atoms with Gasteiger partial charge in [-0.1, -0.05) is 237 Å². The van der Waals surface area contributed by atoms with E-state index in [0.717, 1.165) is 134 Å². The molecule has 0 saturated carbocycles. The molecule has 2 aliphatic rings. The number of aromatic nitrogens is 7. The smallest absolute Gasteiger partial charge is 0.252 e. The summed E-state index contributed by atoms with van der Waals surface area (Å²) in [7, 11) is 0. The van der Waals surface area contributed by atoms with Crippen LogP contribution in [-0.4, -0.2) is 40.8 Å². The summed E-state index contributed by atoms with van der Waals surface area (Å²) < 4.78 is 4.80. The van der Waals surface area contributed by atoms with Crippen molar-refractivity contribution in [1.82, 2.24) is 34.1 Å². The first-order chi connectivity index (χ1) is 50.1. The normalized spacial score (nSPS) is 12.3. The highest BCUT2D eigenvalue weighted by Crippen LogP contribution is 2.48. The second-order valence-electron chi connectivity index (χ2n) is 25.9. The van der Waals surface area contributed by atoms with Crippen LogP contribution in [0.1, 0.15) is 0 Å². The number of rotatable bonds is 11. The molecule has 0 unspecified atom stereocenters. The Labute approximate surface area is 583 Å². The van der Waals surface area contributed by atoms with Crippen LogP contribution in [0.4, 0.5) is 34.1 Å². The lowest BCUT2D eigenvalue weighted by Crippen LogP contribution is -2.61. The molecule has 18 aromatic rings. The maximum Gasteiger partial charge on any atom is 0.252 e. The average Bonchev–Trinajstić information content (AvgIpc) is 1.33. The van der Waals surface area contributed by atoms with E-state index in [-0.39, 0.29) is 6.71 Å². The Morgan fingerprint density at radius 1 is 0.218 bits per heavy atom. The molecule has 0 amide bonds. The summed E-state index contributed by atoms with van der Waals surface area (Å²) >= 11 is 0. The molecule has 0 atom stereocenters. The van der Waals surface area contributed by atoms with Gasteiger partial charge in [0, 0.05) is 94.7 Å². The lowest BCUT2D eigenvalue weighted by atomic mass is 9.33. The lowest BCUT2D eigenvalue weighted by Gasteiger charge is -2.44. The van der Waals surface area contributed by atoms with Crippen LogP contribution in [0.5, 0.6) is 0 Å². The molecule has 0 aliphatic carbocycles. The number of benzene rings is 14. The summed E-state index contributed by atoms with van der Waals surface area (Å²) in [5, 5.41) is 4.61. The molecule has 20 rings (SSSR count). The van der Waals surface area contributed by atoms with Gasteiger partial charge in [-0.25, -0.2) is 24.9 Å². The molecule has 9 nitrogen and oxygen atoms in total. The van der Waals surface area contributed by atoms with Crippen LogP contribution in [0.15, 0.2) is 352 Å². The van der Waals surface area contributed by atoms with Gasteiger partial charge in [0.15, 0.2) is 23.3 Å². The zero-order valence-electron chi connectivity index (χ0n) is 54.6. The molecule has 0 spiro atoms. The van der Waals surface area contributed by atoms with Crippen LogP contribution in [0.2, 0.25) is 0 Å². The van der Waals surface area contributed by atoms with Gasteiger partial charge in [-0.3, -0.25) is 0 Å². The lowest BCUT2D eigenvalue weighted by molar-refractivity contribution is 1.06. The van der Waals surface area contributed by atoms with Crippen molar-refractivity contribution in [3.05, 3.63) is 352 Å². The highest BCUT2D eigenvalue weighted by Gasteiger charge is 2.43. The summed E-state index contributed by atoms with van der Waals surface area (Å²) in [5.41, 5.74) is 25.7. The van der Waals surface area contributed by atoms with Crippen LogP contribution in [-0.2, 0) is 0 Å². The number of hydrogen-bond acceptors (Lipinski definition) is 7. The van der Waals surface area contributed by atoms with Crippen molar-refractivity contribution in [2.75, 3.05) is 9.80 Å². The average molecular weight is 1290 g/mol. The fraction of sp³-hybridized carbons (Fsp3) is 0. The molecular formula is C91H58BN9. The van der Waals surface area contributed by atoms with Gasteiger partial charge in [0.05, 0.1) is 39.1 Å². The van der Waals surface area contributed by atoms with E-state index >= 15 is 0 Å². The van der Waals surface area contributed by atoms with E-state index in [4.69, 9.17) is 24.9 Å². The van der Waals surface area contributed by atoms with Crippen molar-refractivity contribution in [2.24, 2.45) is 0 Å². The summed E-state index contributed by atoms with van der Waals surface area (Å²) in [6.07, 6.45) is 0. The third-order valence-electron chi connectivity index (χ3n) is 20.1. The van der Waals surface area contributed by atoms with Crippen molar-refractivity contribution in [2.45, 2.75) is 0 Å². The van der Waals surface area contributed by atoms with E-state index < -0.39 is 0 Å². The first-order valence-electron chi connectivity index (χ1n) is 34.3. The highest BCUT2D eigenvalue weighted by molar-refractivity contribution is 7.00. The third-order valence-corrected chi connectivity index (χ3v) is 20.1. The van der Waals surface area contributed by atoms with Crippen LogP contribution >= 0.6 is 0 Å². The number of hydrogen-bond donors (Lipinski definition) is 0. The first-order valence-corrected chi connectivity index (χ1v) is 34.3. The Kier molecular flexibility index (Phi) is 13.5. The van der Waals surface area contributed by atoms with Crippen molar-refractivity contribution >= 4 is 101 Å². The number of anilines is 6. The van der Waals surface area contributed by atoms with Crippen LogP contribution in [0.25, 0.3) is 134 Å². The standard InChI is InChI=1S/C91H58BN9/c1-7-28-59(29-8-1)76-57-77(60-30-9-2-10-31-60)94-89(93-76)64-50-51-80(101-79-47-24-20-43-70(79)72-56-71-69-42-19-23-46-78(69)98(83(71)58-84(72)101)66-36-13-4-14-37-66)73(53-64)91-96-88(61-32-11-3-12-33-61)95-90(97-91)63-35-27-34-62(52-63)65-54-85-87-86(55-65)100(68-40-17-6-18-41-68)82-49-26-22-45-75(82)92(87)74-44-21-25-48-81(74)99(85)67-38-15-5-16-39-67/h1-58H. The third kappa shape index (κ3) is 9.59. The molecule has 6 heterocycles. The predicted octanol–water partition coefficient (Wildman–Crippen LogP) is 20.6. The van der Waals surface area contributed by atoms with Crippen LogP contribution in [0.3, 0.4) is 0 Å². The second kappa shape index (κ2) is 23.6. The minimum absolute atomic E-state index is 0.0223.